The van der Waals surface area contributed by atoms with Crippen molar-refractivity contribution in [2.24, 2.45) is 0 Å². The van der Waals surface area contributed by atoms with Crippen molar-refractivity contribution < 1.29 is 29.6 Å². The number of hydrogen-bond donors (Lipinski definition) is 5. The molecule has 0 spiro atoms. The zero-order chi connectivity index (χ0) is 28.6. The van der Waals surface area contributed by atoms with Crippen LogP contribution in [0.2, 0.25) is 0 Å². The summed E-state index contributed by atoms with van der Waals surface area (Å²) >= 11 is 0. The van der Waals surface area contributed by atoms with Gasteiger partial charge in [-0.1, -0.05) is 67.7 Å². The highest BCUT2D eigenvalue weighted by molar-refractivity contribution is 5.95. The monoisotopic (exact) mass is 540 g/mol. The molecule has 8 heteroatoms. The number of unbranched alkanes of at least 4 members (excludes halogenated alkanes) is 1. The van der Waals surface area contributed by atoms with Gasteiger partial charge in [0.1, 0.15) is 0 Å². The van der Waals surface area contributed by atoms with Crippen LogP contribution in [0.1, 0.15) is 68.6 Å². The van der Waals surface area contributed by atoms with Crippen LogP contribution >= 0.6 is 0 Å². The van der Waals surface area contributed by atoms with E-state index in [9.17, 15) is 24.9 Å². The Hall–Kier alpha value is -3.78. The predicted molar refractivity (Wildman–Crippen MR) is 156 cm³/mol. The Balaban J connectivity index is 1.97. The smallest absolute Gasteiger partial charge is 0.251 e. The Morgan fingerprint density at radius 1 is 0.744 bits per heavy atom. The molecule has 0 saturated heterocycles. The molecule has 1 rings (SSSR count). The molecule has 1 aromatic carbocycles. The zero-order valence-electron chi connectivity index (χ0n) is 23.0. The lowest BCUT2D eigenvalue weighted by Crippen LogP contribution is -2.30. The van der Waals surface area contributed by atoms with Crippen LogP contribution in [0.25, 0.3) is 0 Å². The number of benzene rings is 1. The summed E-state index contributed by atoms with van der Waals surface area (Å²) in [5, 5.41) is 33.6. The molecule has 0 bridgehead atoms. The number of aromatic hydroxyl groups is 3. The fourth-order valence-electron chi connectivity index (χ4n) is 3.28. The van der Waals surface area contributed by atoms with Gasteiger partial charge in [0.25, 0.3) is 5.91 Å². The Kier molecular flexibility index (Phi) is 18.9. The van der Waals surface area contributed by atoms with Crippen LogP contribution in [0.4, 0.5) is 0 Å². The maximum Gasteiger partial charge on any atom is 0.251 e. The van der Waals surface area contributed by atoms with E-state index in [0.717, 1.165) is 57.1 Å². The highest BCUT2D eigenvalue weighted by Crippen LogP contribution is 2.35. The molecule has 0 atom stereocenters. The molecule has 0 radical (unpaired) electrons. The van der Waals surface area contributed by atoms with Crippen molar-refractivity contribution in [3.05, 3.63) is 78.5 Å². The molecule has 2 amide bonds. The first kappa shape index (κ1) is 33.2. The molecule has 0 aliphatic rings. The SMILES string of the molecule is CC/C=C\C/C=C\C/C=C\C/C=C\C/C=C\CCCC(=O)NCCOCCNC(=O)c1cc(O)c(O)c(O)c1. The maximum absolute atomic E-state index is 12.0. The lowest BCUT2D eigenvalue weighted by atomic mass is 10.1. The number of carbonyl (C=O) groups is 2. The van der Waals surface area contributed by atoms with Gasteiger partial charge < -0.3 is 30.7 Å². The zero-order valence-corrected chi connectivity index (χ0v) is 23.0. The first-order valence-corrected chi connectivity index (χ1v) is 13.6. The highest BCUT2D eigenvalue weighted by Gasteiger charge is 2.13. The summed E-state index contributed by atoms with van der Waals surface area (Å²) in [6, 6.07) is 2.12. The Bertz CT molecular complexity index is 972. The van der Waals surface area contributed by atoms with Gasteiger partial charge in [0.2, 0.25) is 5.91 Å². The predicted octanol–water partition coefficient (Wildman–Crippen LogP) is 5.59. The molecule has 0 aromatic heterocycles. The molecular weight excluding hydrogens is 496 g/mol. The van der Waals surface area contributed by atoms with E-state index in [1.807, 2.05) is 0 Å². The molecule has 0 fully saturated rings. The van der Waals surface area contributed by atoms with Gasteiger partial charge in [-0.05, 0) is 57.1 Å². The van der Waals surface area contributed by atoms with Gasteiger partial charge in [-0.2, -0.15) is 0 Å². The molecule has 8 nitrogen and oxygen atoms in total. The third-order valence-electron chi connectivity index (χ3n) is 5.36. The first-order valence-electron chi connectivity index (χ1n) is 13.6. The minimum absolute atomic E-state index is 0.0136. The van der Waals surface area contributed by atoms with E-state index >= 15 is 0 Å². The molecule has 0 unspecified atom stereocenters. The van der Waals surface area contributed by atoms with E-state index in [1.54, 1.807) is 0 Å². The van der Waals surface area contributed by atoms with Crippen LogP contribution in [0.15, 0.2) is 72.9 Å². The quantitative estimate of drug-likeness (QED) is 0.0834. The Morgan fingerprint density at radius 2 is 1.23 bits per heavy atom. The molecule has 0 aliphatic heterocycles. The maximum atomic E-state index is 12.0. The summed E-state index contributed by atoms with van der Waals surface area (Å²) in [5.74, 6) is -2.38. The summed E-state index contributed by atoms with van der Waals surface area (Å²) in [4.78, 5) is 23.9. The van der Waals surface area contributed by atoms with Gasteiger partial charge in [-0.25, -0.2) is 0 Å². The van der Waals surface area contributed by atoms with Crippen LogP contribution in [-0.4, -0.2) is 53.4 Å². The van der Waals surface area contributed by atoms with Crippen LogP contribution < -0.4 is 10.6 Å². The molecule has 5 N–H and O–H groups in total. The third-order valence-corrected chi connectivity index (χ3v) is 5.36. The second-order valence-corrected chi connectivity index (χ2v) is 8.68. The van der Waals surface area contributed by atoms with Crippen molar-refractivity contribution >= 4 is 11.8 Å². The van der Waals surface area contributed by atoms with E-state index in [-0.39, 0.29) is 24.6 Å². The second-order valence-electron chi connectivity index (χ2n) is 8.68. The van der Waals surface area contributed by atoms with E-state index in [1.165, 1.54) is 0 Å². The van der Waals surface area contributed by atoms with Gasteiger partial charge in [0.15, 0.2) is 17.2 Å². The van der Waals surface area contributed by atoms with Gasteiger partial charge in [-0.15, -0.1) is 0 Å². The number of nitrogens with one attached hydrogen (secondary N) is 2. The number of carbonyl (C=O) groups excluding carboxylic acids is 2. The average Bonchev–Trinajstić information content (AvgIpc) is 2.92. The highest BCUT2D eigenvalue weighted by atomic mass is 16.5. The standard InChI is InChI=1S/C31H44N2O6/c1-2-3-4-5-6-7-8-9-10-11-12-13-14-15-16-17-18-19-29(36)32-20-22-39-23-21-33-31(38)26-24-27(34)30(37)28(35)25-26/h3-4,6-7,9-10,12-13,15-16,24-25,34-35,37H,2,5,8,11,14,17-23H2,1H3,(H,32,36)(H,33,38)/b4-3-,7-6-,10-9-,13-12-,16-15-. The molecule has 214 valence electrons. The van der Waals surface area contributed by atoms with Gasteiger partial charge >= 0.3 is 0 Å². The lowest BCUT2D eigenvalue weighted by Gasteiger charge is -2.09. The van der Waals surface area contributed by atoms with Crippen LogP contribution in [0.5, 0.6) is 17.2 Å². The number of amides is 2. The normalized spacial score (nSPS) is 12.0. The molecule has 1 aromatic rings. The molecule has 0 aliphatic carbocycles. The summed E-state index contributed by atoms with van der Waals surface area (Å²) in [6.45, 7) is 3.29. The van der Waals surface area contributed by atoms with Crippen molar-refractivity contribution in [1.82, 2.24) is 10.6 Å². The molecule has 0 saturated carbocycles. The molecular formula is C31H44N2O6. The Labute approximate surface area is 232 Å². The third kappa shape index (κ3) is 17.4. The summed E-state index contributed by atoms with van der Waals surface area (Å²) in [6.07, 6.45) is 28.6. The first-order chi connectivity index (χ1) is 19.0. The number of ether oxygens (including phenoxy) is 1. The van der Waals surface area contributed by atoms with Crippen molar-refractivity contribution in [2.45, 2.75) is 58.3 Å². The number of phenolic OH excluding ortho intramolecular Hbond substituents is 3. The fraction of sp³-hybridized carbons (Fsp3) is 0.419. The summed E-state index contributed by atoms with van der Waals surface area (Å²) < 4.78 is 5.38. The Morgan fingerprint density at radius 3 is 1.77 bits per heavy atom. The number of allylic oxidation sites excluding steroid dienone is 10. The van der Waals surface area contributed by atoms with Gasteiger partial charge in [0, 0.05) is 25.1 Å². The van der Waals surface area contributed by atoms with E-state index in [4.69, 9.17) is 4.74 Å². The molecule has 39 heavy (non-hydrogen) atoms. The number of rotatable bonds is 20. The van der Waals surface area contributed by atoms with Crippen molar-refractivity contribution in [2.75, 3.05) is 26.3 Å². The summed E-state index contributed by atoms with van der Waals surface area (Å²) in [5.41, 5.74) is 0.0136. The van der Waals surface area contributed by atoms with Crippen LogP contribution in [0, 0.1) is 0 Å². The fourth-order valence-corrected chi connectivity index (χ4v) is 3.28. The topological polar surface area (TPSA) is 128 Å². The van der Waals surface area contributed by atoms with E-state index in [2.05, 4.69) is 78.3 Å². The second kappa shape index (κ2) is 22.2. The largest absolute Gasteiger partial charge is 0.504 e. The summed E-state index contributed by atoms with van der Waals surface area (Å²) in [7, 11) is 0. The van der Waals surface area contributed by atoms with Gasteiger partial charge in [-0.3, -0.25) is 9.59 Å². The minimum atomic E-state index is -0.675. The van der Waals surface area contributed by atoms with Crippen LogP contribution in [-0.2, 0) is 9.53 Å². The van der Waals surface area contributed by atoms with Crippen LogP contribution in [0.3, 0.4) is 0 Å². The van der Waals surface area contributed by atoms with E-state index < -0.39 is 23.2 Å². The van der Waals surface area contributed by atoms with E-state index in [0.29, 0.717) is 19.6 Å². The van der Waals surface area contributed by atoms with Gasteiger partial charge in [0.05, 0.1) is 13.2 Å². The van der Waals surface area contributed by atoms with Crippen molar-refractivity contribution in [1.29, 1.82) is 0 Å². The van der Waals surface area contributed by atoms with Crippen molar-refractivity contribution in [3.8, 4) is 17.2 Å². The minimum Gasteiger partial charge on any atom is -0.504 e. The van der Waals surface area contributed by atoms with Crippen molar-refractivity contribution in [3.63, 3.8) is 0 Å². The molecule has 0 heterocycles. The number of phenols is 3. The average molecular weight is 541 g/mol. The lowest BCUT2D eigenvalue weighted by molar-refractivity contribution is -0.121. The number of hydrogen-bond acceptors (Lipinski definition) is 6.